The molecule has 0 aromatic heterocycles. The number of phenolic OH excluding ortho intramolecular Hbond substituents is 2. The van der Waals surface area contributed by atoms with E-state index in [4.69, 9.17) is 0 Å². The summed E-state index contributed by atoms with van der Waals surface area (Å²) in [5.74, 6) is -0.243. The molecule has 0 aliphatic rings. The second-order valence-corrected chi connectivity index (χ2v) is 5.94. The quantitative estimate of drug-likeness (QED) is 0.303. The number of fused-ring (bicyclic) bond motifs is 2. The van der Waals surface area contributed by atoms with Crippen LogP contribution < -0.4 is 10.6 Å². The first-order valence-electron chi connectivity index (χ1n) is 8.13. The van der Waals surface area contributed by atoms with Crippen molar-refractivity contribution in [1.29, 1.82) is 0 Å². The first-order valence-corrected chi connectivity index (χ1v) is 8.13. The Morgan fingerprint density at radius 1 is 0.692 bits per heavy atom. The zero-order chi connectivity index (χ0) is 18.1. The van der Waals surface area contributed by atoms with E-state index in [0.717, 1.165) is 10.8 Å². The molecule has 0 fully saturated rings. The summed E-state index contributed by atoms with van der Waals surface area (Å²) in [5.41, 5.74) is 0.916. The summed E-state index contributed by atoms with van der Waals surface area (Å²) in [6, 6.07) is 21.1. The lowest BCUT2D eigenvalue weighted by atomic mass is 10.1. The Morgan fingerprint density at radius 2 is 1.35 bits per heavy atom. The van der Waals surface area contributed by atoms with Gasteiger partial charge in [-0.05, 0) is 11.5 Å². The molecule has 128 valence electrons. The van der Waals surface area contributed by atoms with Crippen LogP contribution in [0, 0.1) is 0 Å². The summed E-state index contributed by atoms with van der Waals surface area (Å²) in [4.78, 5) is 12.5. The topological polar surface area (TPSA) is 81.6 Å². The third-order valence-corrected chi connectivity index (χ3v) is 4.28. The van der Waals surface area contributed by atoms with Crippen LogP contribution >= 0.6 is 0 Å². The lowest BCUT2D eigenvalue weighted by Gasteiger charge is -2.14. The normalized spacial score (nSPS) is 10.8. The fraction of sp³-hybridized carbons (Fsp3) is 0. The molecule has 0 heterocycles. The van der Waals surface area contributed by atoms with Gasteiger partial charge in [-0.2, -0.15) is 0 Å². The predicted octanol–water partition coefficient (Wildman–Crippen LogP) is 5.05. The minimum Gasteiger partial charge on any atom is -0.507 e. The van der Waals surface area contributed by atoms with E-state index in [-0.39, 0.29) is 17.2 Å². The second kappa shape index (κ2) is 6.29. The molecule has 0 spiro atoms. The van der Waals surface area contributed by atoms with Crippen LogP contribution in [-0.2, 0) is 0 Å². The maximum Gasteiger partial charge on any atom is 0.323 e. The number of carbonyl (C=O) groups is 1. The zero-order valence-corrected chi connectivity index (χ0v) is 13.7. The van der Waals surface area contributed by atoms with Crippen molar-refractivity contribution in [1.82, 2.24) is 0 Å². The molecule has 0 saturated heterocycles. The van der Waals surface area contributed by atoms with E-state index in [1.165, 1.54) is 6.07 Å². The molecular formula is C21H16N2O3. The van der Waals surface area contributed by atoms with Crippen molar-refractivity contribution in [2.24, 2.45) is 0 Å². The first-order chi connectivity index (χ1) is 12.6. The van der Waals surface area contributed by atoms with Crippen LogP contribution in [0.4, 0.5) is 16.2 Å². The number of rotatable bonds is 2. The summed E-state index contributed by atoms with van der Waals surface area (Å²) in [6.45, 7) is 0. The highest BCUT2D eigenvalue weighted by Crippen LogP contribution is 2.38. The lowest BCUT2D eigenvalue weighted by Crippen LogP contribution is -2.19. The van der Waals surface area contributed by atoms with Crippen molar-refractivity contribution in [2.45, 2.75) is 0 Å². The standard InChI is InChI=1S/C21H16N2O3/c24-18-12-19(25)20(16-10-4-3-9-15(16)18)23-21(26)22-17-11-5-7-13-6-1-2-8-14(13)17/h1-12,24-25H,(H2,22,23,26). The smallest absolute Gasteiger partial charge is 0.323 e. The minimum atomic E-state index is -0.479. The van der Waals surface area contributed by atoms with Crippen molar-refractivity contribution in [3.63, 3.8) is 0 Å². The van der Waals surface area contributed by atoms with Gasteiger partial charge in [0.05, 0.1) is 11.4 Å². The minimum absolute atomic E-state index is 0.0434. The monoisotopic (exact) mass is 344 g/mol. The molecule has 0 aliphatic heterocycles. The molecular weight excluding hydrogens is 328 g/mol. The Kier molecular flexibility index (Phi) is 3.82. The van der Waals surface area contributed by atoms with E-state index in [0.29, 0.717) is 16.5 Å². The molecule has 2 amide bonds. The largest absolute Gasteiger partial charge is 0.507 e. The van der Waals surface area contributed by atoms with Crippen molar-refractivity contribution < 1.29 is 15.0 Å². The van der Waals surface area contributed by atoms with Gasteiger partial charge in [0.1, 0.15) is 11.5 Å². The molecule has 4 aromatic rings. The molecule has 5 heteroatoms. The van der Waals surface area contributed by atoms with Crippen LogP contribution in [0.5, 0.6) is 11.5 Å². The van der Waals surface area contributed by atoms with Gasteiger partial charge in [-0.25, -0.2) is 4.79 Å². The van der Waals surface area contributed by atoms with Crippen molar-refractivity contribution >= 4 is 39.0 Å². The van der Waals surface area contributed by atoms with Crippen molar-refractivity contribution in [2.75, 3.05) is 10.6 Å². The number of hydrogen-bond donors (Lipinski definition) is 4. The fourth-order valence-corrected chi connectivity index (χ4v) is 3.07. The molecule has 5 nitrogen and oxygen atoms in total. The van der Waals surface area contributed by atoms with Gasteiger partial charge in [-0.1, -0.05) is 60.7 Å². The summed E-state index contributed by atoms with van der Waals surface area (Å²) in [5, 5.41) is 28.7. The van der Waals surface area contributed by atoms with Gasteiger partial charge in [-0.15, -0.1) is 0 Å². The average Bonchev–Trinajstić information content (AvgIpc) is 2.65. The summed E-state index contributed by atoms with van der Waals surface area (Å²) in [6.07, 6.45) is 0. The van der Waals surface area contributed by atoms with Gasteiger partial charge < -0.3 is 20.8 Å². The highest BCUT2D eigenvalue weighted by Gasteiger charge is 2.14. The van der Waals surface area contributed by atoms with E-state index in [1.807, 2.05) is 42.5 Å². The lowest BCUT2D eigenvalue weighted by molar-refractivity contribution is 0.262. The maximum absolute atomic E-state index is 12.5. The molecule has 4 rings (SSSR count). The van der Waals surface area contributed by atoms with Gasteiger partial charge in [0.15, 0.2) is 0 Å². The van der Waals surface area contributed by atoms with E-state index < -0.39 is 6.03 Å². The van der Waals surface area contributed by atoms with Crippen LogP contribution in [0.25, 0.3) is 21.5 Å². The molecule has 0 bridgehead atoms. The number of urea groups is 1. The second-order valence-electron chi connectivity index (χ2n) is 5.94. The van der Waals surface area contributed by atoms with E-state index in [1.54, 1.807) is 24.3 Å². The van der Waals surface area contributed by atoms with E-state index in [2.05, 4.69) is 10.6 Å². The molecule has 0 aliphatic carbocycles. The maximum atomic E-state index is 12.5. The Bertz CT molecular complexity index is 1130. The number of anilines is 2. The predicted molar refractivity (Wildman–Crippen MR) is 104 cm³/mol. The van der Waals surface area contributed by atoms with Gasteiger partial charge in [0.25, 0.3) is 0 Å². The Labute approximate surface area is 149 Å². The zero-order valence-electron chi connectivity index (χ0n) is 13.7. The molecule has 4 aromatic carbocycles. The van der Waals surface area contributed by atoms with Gasteiger partial charge in [0, 0.05) is 22.2 Å². The van der Waals surface area contributed by atoms with Crippen LogP contribution in [0.2, 0.25) is 0 Å². The Hall–Kier alpha value is -3.73. The number of benzene rings is 4. The molecule has 26 heavy (non-hydrogen) atoms. The number of aromatic hydroxyl groups is 2. The SMILES string of the molecule is O=C(Nc1cccc2ccccc12)Nc1c(O)cc(O)c2ccccc12. The molecule has 4 N–H and O–H groups in total. The van der Waals surface area contributed by atoms with Crippen LogP contribution in [0.1, 0.15) is 0 Å². The number of phenols is 2. The molecule has 0 atom stereocenters. The molecule has 0 saturated carbocycles. The number of carbonyl (C=O) groups excluding carboxylic acids is 1. The number of amides is 2. The fourth-order valence-electron chi connectivity index (χ4n) is 3.07. The van der Waals surface area contributed by atoms with Crippen molar-refractivity contribution in [3.8, 4) is 11.5 Å². The first kappa shape index (κ1) is 15.8. The summed E-state index contributed by atoms with van der Waals surface area (Å²) < 4.78 is 0. The molecule has 0 radical (unpaired) electrons. The summed E-state index contributed by atoms with van der Waals surface area (Å²) in [7, 11) is 0. The average molecular weight is 344 g/mol. The number of hydrogen-bond acceptors (Lipinski definition) is 3. The van der Waals surface area contributed by atoms with Gasteiger partial charge in [-0.3, -0.25) is 0 Å². The highest BCUT2D eigenvalue weighted by molar-refractivity contribution is 6.11. The van der Waals surface area contributed by atoms with Gasteiger partial charge in [0.2, 0.25) is 0 Å². The van der Waals surface area contributed by atoms with Crippen molar-refractivity contribution in [3.05, 3.63) is 72.8 Å². The third-order valence-electron chi connectivity index (χ3n) is 4.28. The van der Waals surface area contributed by atoms with E-state index in [9.17, 15) is 15.0 Å². The van der Waals surface area contributed by atoms with Crippen LogP contribution in [-0.4, -0.2) is 16.2 Å². The third kappa shape index (κ3) is 2.75. The Morgan fingerprint density at radius 3 is 2.15 bits per heavy atom. The van der Waals surface area contributed by atoms with Gasteiger partial charge >= 0.3 is 6.03 Å². The van der Waals surface area contributed by atoms with Crippen LogP contribution in [0.15, 0.2) is 72.8 Å². The van der Waals surface area contributed by atoms with E-state index >= 15 is 0 Å². The van der Waals surface area contributed by atoms with Crippen LogP contribution in [0.3, 0.4) is 0 Å². The number of nitrogens with one attached hydrogen (secondary N) is 2. The summed E-state index contributed by atoms with van der Waals surface area (Å²) >= 11 is 0. The molecule has 0 unspecified atom stereocenters. The highest BCUT2D eigenvalue weighted by atomic mass is 16.3. The Balaban J connectivity index is 1.68.